The van der Waals surface area contributed by atoms with Crippen LogP contribution in [0.25, 0.3) is 0 Å². The Hall–Kier alpha value is -1.59. The molecule has 0 fully saturated rings. The molecule has 0 aliphatic heterocycles. The summed E-state index contributed by atoms with van der Waals surface area (Å²) in [5.41, 5.74) is 0. The van der Waals surface area contributed by atoms with Crippen molar-refractivity contribution < 1.29 is 19.7 Å². The molecular formula is C14H14MgO4. The number of rotatable bonds is 2. The number of ether oxygens (including phenoxy) is 2. The molecule has 0 radical (unpaired) electrons. The Morgan fingerprint density at radius 3 is 1.21 bits per heavy atom. The van der Waals surface area contributed by atoms with E-state index in [1.165, 1.54) is 26.4 Å². The average molecular weight is 271 g/mol. The van der Waals surface area contributed by atoms with E-state index in [9.17, 15) is 10.2 Å². The first kappa shape index (κ1) is 17.4. The molecule has 0 spiro atoms. The summed E-state index contributed by atoms with van der Waals surface area (Å²) in [6, 6.07) is 13.1. The van der Waals surface area contributed by atoms with Gasteiger partial charge in [-0.15, -0.1) is 0 Å². The Balaban J connectivity index is 0.000000324. The van der Waals surface area contributed by atoms with E-state index in [1.54, 1.807) is 36.4 Å². The molecular weight excluding hydrogens is 256 g/mol. The van der Waals surface area contributed by atoms with Crippen LogP contribution in [0.1, 0.15) is 0 Å². The van der Waals surface area contributed by atoms with Crippen LogP contribution in [0.15, 0.2) is 48.5 Å². The summed E-state index contributed by atoms with van der Waals surface area (Å²) in [7, 11) is 2.97. The van der Waals surface area contributed by atoms with Gasteiger partial charge in [-0.1, -0.05) is 47.9 Å². The molecule has 0 aliphatic carbocycles. The third-order valence-electron chi connectivity index (χ3n) is 2.14. The SMILES string of the molecule is COc1ccccc1[O-].COc1ccccc1[O-].[Mg+2]. The first-order valence-electron chi connectivity index (χ1n) is 5.29. The van der Waals surface area contributed by atoms with Gasteiger partial charge in [0.1, 0.15) is 11.5 Å². The maximum atomic E-state index is 10.7. The predicted octanol–water partition coefficient (Wildman–Crippen LogP) is 1.16. The molecule has 0 amide bonds. The van der Waals surface area contributed by atoms with Crippen LogP contribution in [0.3, 0.4) is 0 Å². The topological polar surface area (TPSA) is 64.6 Å². The summed E-state index contributed by atoms with van der Waals surface area (Å²) in [5.74, 6) is 0.662. The Morgan fingerprint density at radius 1 is 0.684 bits per heavy atom. The third-order valence-corrected chi connectivity index (χ3v) is 2.14. The standard InChI is InChI=1S/2C7H8O2.Mg/c2*1-9-7-5-3-2-4-6(7)8;/h2*2-5,8H,1H3;/q;;+2/p-2. The molecule has 0 atom stereocenters. The molecule has 4 nitrogen and oxygen atoms in total. The van der Waals surface area contributed by atoms with Gasteiger partial charge in [0.2, 0.25) is 0 Å². The molecule has 2 rings (SSSR count). The molecule has 19 heavy (non-hydrogen) atoms. The van der Waals surface area contributed by atoms with Crippen molar-refractivity contribution in [2.75, 3.05) is 14.2 Å². The Kier molecular flexibility index (Phi) is 8.57. The quantitative estimate of drug-likeness (QED) is 0.768. The van der Waals surface area contributed by atoms with Crippen molar-refractivity contribution in [2.45, 2.75) is 0 Å². The van der Waals surface area contributed by atoms with Gasteiger partial charge in [-0.3, -0.25) is 0 Å². The van der Waals surface area contributed by atoms with Gasteiger partial charge < -0.3 is 19.7 Å². The molecule has 0 N–H and O–H groups in total. The predicted molar refractivity (Wildman–Crippen MR) is 70.6 cm³/mol. The zero-order chi connectivity index (χ0) is 13.4. The van der Waals surface area contributed by atoms with Gasteiger partial charge in [0, 0.05) is 0 Å². The third kappa shape index (κ3) is 5.72. The van der Waals surface area contributed by atoms with Crippen LogP contribution in [0.5, 0.6) is 23.0 Å². The molecule has 0 aliphatic rings. The second-order valence-electron chi connectivity index (χ2n) is 3.30. The summed E-state index contributed by atoms with van der Waals surface area (Å²) in [6.45, 7) is 0. The fourth-order valence-corrected chi connectivity index (χ4v) is 1.24. The van der Waals surface area contributed by atoms with Crippen molar-refractivity contribution in [3.63, 3.8) is 0 Å². The van der Waals surface area contributed by atoms with Crippen molar-refractivity contribution in [2.24, 2.45) is 0 Å². The first-order chi connectivity index (χ1) is 8.69. The Morgan fingerprint density at radius 2 is 1.00 bits per heavy atom. The van der Waals surface area contributed by atoms with Crippen LogP contribution in [0.4, 0.5) is 0 Å². The van der Waals surface area contributed by atoms with E-state index < -0.39 is 0 Å². The minimum atomic E-state index is -0.0694. The second-order valence-corrected chi connectivity index (χ2v) is 3.30. The van der Waals surface area contributed by atoms with Gasteiger partial charge in [-0.25, -0.2) is 0 Å². The van der Waals surface area contributed by atoms with E-state index in [0.29, 0.717) is 11.5 Å². The maximum Gasteiger partial charge on any atom is 2.00 e. The number of hydrogen-bond acceptors (Lipinski definition) is 4. The van der Waals surface area contributed by atoms with Crippen LogP contribution < -0.4 is 19.7 Å². The average Bonchev–Trinajstić information content (AvgIpc) is 2.41. The van der Waals surface area contributed by atoms with Gasteiger partial charge in [0.25, 0.3) is 0 Å². The summed E-state index contributed by atoms with van der Waals surface area (Å²) >= 11 is 0. The fourth-order valence-electron chi connectivity index (χ4n) is 1.24. The van der Waals surface area contributed by atoms with Gasteiger partial charge in [0.05, 0.1) is 14.2 Å². The molecule has 5 heteroatoms. The largest absolute Gasteiger partial charge is 2.00 e. The minimum absolute atomic E-state index is 0. The van der Waals surface area contributed by atoms with Gasteiger partial charge in [-0.05, 0) is 12.1 Å². The van der Waals surface area contributed by atoms with Crippen LogP contribution in [-0.4, -0.2) is 37.3 Å². The van der Waals surface area contributed by atoms with Crippen molar-refractivity contribution in [3.8, 4) is 23.0 Å². The fraction of sp³-hybridized carbons (Fsp3) is 0.143. The summed E-state index contributed by atoms with van der Waals surface area (Å²) in [5, 5.41) is 21.5. The zero-order valence-electron chi connectivity index (χ0n) is 11.0. The van der Waals surface area contributed by atoms with E-state index in [-0.39, 0.29) is 34.6 Å². The van der Waals surface area contributed by atoms with E-state index in [2.05, 4.69) is 0 Å². The summed E-state index contributed by atoms with van der Waals surface area (Å²) < 4.78 is 9.46. The normalized spacial score (nSPS) is 8.53. The molecule has 0 saturated heterocycles. The minimum Gasteiger partial charge on any atom is -0.870 e. The number of hydrogen-bond donors (Lipinski definition) is 0. The van der Waals surface area contributed by atoms with Crippen molar-refractivity contribution in [3.05, 3.63) is 48.5 Å². The smallest absolute Gasteiger partial charge is 0.870 e. The van der Waals surface area contributed by atoms with E-state index >= 15 is 0 Å². The second kappa shape index (κ2) is 9.35. The van der Waals surface area contributed by atoms with Crippen LogP contribution in [-0.2, 0) is 0 Å². The summed E-state index contributed by atoms with van der Waals surface area (Å²) in [4.78, 5) is 0. The maximum absolute atomic E-state index is 10.7. The molecule has 0 unspecified atom stereocenters. The van der Waals surface area contributed by atoms with Crippen LogP contribution >= 0.6 is 0 Å². The van der Waals surface area contributed by atoms with E-state index in [0.717, 1.165) is 0 Å². The molecule has 0 saturated carbocycles. The van der Waals surface area contributed by atoms with Gasteiger partial charge >= 0.3 is 23.1 Å². The Labute approximate surface area is 128 Å². The van der Waals surface area contributed by atoms with Crippen molar-refractivity contribution >= 4 is 23.1 Å². The van der Waals surface area contributed by atoms with E-state index in [1.807, 2.05) is 0 Å². The molecule has 2 aromatic rings. The summed E-state index contributed by atoms with van der Waals surface area (Å²) in [6.07, 6.45) is 0. The molecule has 0 bridgehead atoms. The van der Waals surface area contributed by atoms with Gasteiger partial charge in [-0.2, -0.15) is 0 Å². The molecule has 0 heterocycles. The van der Waals surface area contributed by atoms with E-state index in [4.69, 9.17) is 9.47 Å². The molecule has 96 valence electrons. The Bertz CT molecular complexity index is 443. The van der Waals surface area contributed by atoms with Gasteiger partial charge in [0.15, 0.2) is 0 Å². The molecule has 2 aromatic carbocycles. The van der Waals surface area contributed by atoms with Crippen molar-refractivity contribution in [1.29, 1.82) is 0 Å². The number of methoxy groups -OCH3 is 2. The monoisotopic (exact) mass is 270 g/mol. The van der Waals surface area contributed by atoms with Crippen molar-refractivity contribution in [1.82, 2.24) is 0 Å². The zero-order valence-corrected chi connectivity index (χ0v) is 12.4. The number of para-hydroxylation sites is 4. The first-order valence-corrected chi connectivity index (χ1v) is 5.29. The molecule has 0 aromatic heterocycles. The van der Waals surface area contributed by atoms with Crippen LogP contribution in [0.2, 0.25) is 0 Å². The number of benzene rings is 2. The van der Waals surface area contributed by atoms with Crippen LogP contribution in [0, 0.1) is 0 Å².